The molecule has 0 aliphatic heterocycles. The minimum atomic E-state index is -0.264. The van der Waals surface area contributed by atoms with Crippen LogP contribution in [0.15, 0.2) is 24.3 Å². The molecule has 1 nitrogen and oxygen atoms in total. The second-order valence-corrected chi connectivity index (χ2v) is 2.12. The molecule has 0 fully saturated rings. The molecular weight excluding hydrogens is 100 g/mol. The molecule has 1 unspecified atom stereocenters. The lowest BCUT2D eigenvalue weighted by atomic mass is 10.0. The lowest BCUT2D eigenvalue weighted by Gasteiger charge is -2.12. The van der Waals surface area contributed by atoms with Crippen LogP contribution in [0.3, 0.4) is 0 Å². The third kappa shape index (κ3) is 0.984. The van der Waals surface area contributed by atoms with E-state index in [1.54, 1.807) is 6.08 Å². The minimum Gasteiger partial charge on any atom is -0.388 e. The molecule has 0 amide bonds. The zero-order valence-electron chi connectivity index (χ0n) is 4.91. The molecule has 1 aliphatic carbocycles. The van der Waals surface area contributed by atoms with Crippen molar-refractivity contribution in [3.63, 3.8) is 0 Å². The van der Waals surface area contributed by atoms with Gasteiger partial charge in [0.25, 0.3) is 0 Å². The van der Waals surface area contributed by atoms with Crippen LogP contribution >= 0.6 is 0 Å². The predicted octanol–water partition coefficient (Wildman–Crippen LogP) is 1.11. The quantitative estimate of drug-likeness (QED) is 0.495. The Morgan fingerprint density at radius 1 is 1.25 bits per heavy atom. The topological polar surface area (TPSA) is 20.2 Å². The van der Waals surface area contributed by atoms with Crippen LogP contribution < -0.4 is 0 Å². The molecule has 1 N–H and O–H groups in total. The molecule has 0 radical (unpaired) electrons. The second kappa shape index (κ2) is 2.14. The number of aliphatic hydroxyl groups is 1. The lowest BCUT2D eigenvalue weighted by molar-refractivity contribution is 0.184. The van der Waals surface area contributed by atoms with E-state index in [1.165, 1.54) is 0 Å². The van der Waals surface area contributed by atoms with E-state index in [2.05, 4.69) is 0 Å². The molecule has 8 heavy (non-hydrogen) atoms. The van der Waals surface area contributed by atoms with Crippen molar-refractivity contribution in [3.8, 4) is 0 Å². The summed E-state index contributed by atoms with van der Waals surface area (Å²) in [7, 11) is 0. The third-order valence-electron chi connectivity index (χ3n) is 1.37. The Balaban J connectivity index is 2.59. The van der Waals surface area contributed by atoms with Crippen molar-refractivity contribution in [1.29, 1.82) is 0 Å². The van der Waals surface area contributed by atoms with Crippen molar-refractivity contribution in [2.45, 2.75) is 13.0 Å². The normalized spacial score (nSPS) is 35.8. The molecule has 0 bridgehead atoms. The molecule has 0 aromatic rings. The van der Waals surface area contributed by atoms with Crippen LogP contribution in [-0.4, -0.2) is 11.2 Å². The Hall–Kier alpha value is -0.560. The van der Waals surface area contributed by atoms with Gasteiger partial charge in [-0.1, -0.05) is 31.2 Å². The first-order valence-corrected chi connectivity index (χ1v) is 2.84. The van der Waals surface area contributed by atoms with Crippen LogP contribution in [0, 0.1) is 5.92 Å². The van der Waals surface area contributed by atoms with E-state index in [-0.39, 0.29) is 6.10 Å². The van der Waals surface area contributed by atoms with Crippen molar-refractivity contribution >= 4 is 0 Å². The van der Waals surface area contributed by atoms with Gasteiger partial charge in [0, 0.05) is 5.92 Å². The van der Waals surface area contributed by atoms with E-state index >= 15 is 0 Å². The highest BCUT2D eigenvalue weighted by atomic mass is 16.3. The maximum Gasteiger partial charge on any atom is 0.0783 e. The van der Waals surface area contributed by atoms with E-state index in [1.807, 2.05) is 25.2 Å². The first kappa shape index (κ1) is 5.57. The number of rotatable bonds is 0. The van der Waals surface area contributed by atoms with Gasteiger partial charge in [0.2, 0.25) is 0 Å². The number of aliphatic hydroxyl groups excluding tert-OH is 1. The third-order valence-corrected chi connectivity index (χ3v) is 1.37. The van der Waals surface area contributed by atoms with E-state index in [0.29, 0.717) is 5.92 Å². The maximum absolute atomic E-state index is 9.04. The van der Waals surface area contributed by atoms with Gasteiger partial charge in [0.05, 0.1) is 6.10 Å². The molecular formula is C7H10O. The molecule has 0 aromatic carbocycles. The maximum atomic E-state index is 9.04. The van der Waals surface area contributed by atoms with Crippen molar-refractivity contribution < 1.29 is 5.11 Å². The summed E-state index contributed by atoms with van der Waals surface area (Å²) in [6.07, 6.45) is 7.34. The summed E-state index contributed by atoms with van der Waals surface area (Å²) >= 11 is 0. The zero-order valence-corrected chi connectivity index (χ0v) is 4.91. The highest BCUT2D eigenvalue weighted by Crippen LogP contribution is 2.09. The Kier molecular flexibility index (Phi) is 1.49. The molecule has 1 heteroatoms. The monoisotopic (exact) mass is 110 g/mol. The SMILES string of the molecule is CC1C=CC=C[C@H]1O. The molecule has 2 atom stereocenters. The fourth-order valence-corrected chi connectivity index (χ4v) is 0.707. The molecule has 1 aliphatic rings. The fourth-order valence-electron chi connectivity index (χ4n) is 0.707. The molecule has 0 spiro atoms. The van der Waals surface area contributed by atoms with Crippen molar-refractivity contribution in [3.05, 3.63) is 24.3 Å². The molecule has 0 aromatic heterocycles. The summed E-state index contributed by atoms with van der Waals surface area (Å²) in [6.45, 7) is 1.99. The Labute approximate surface area is 49.3 Å². The predicted molar refractivity (Wildman–Crippen MR) is 33.5 cm³/mol. The van der Waals surface area contributed by atoms with E-state index in [9.17, 15) is 0 Å². The summed E-state index contributed by atoms with van der Waals surface area (Å²) in [5.41, 5.74) is 0. The van der Waals surface area contributed by atoms with E-state index in [4.69, 9.17) is 5.11 Å². The van der Waals surface area contributed by atoms with Gasteiger partial charge in [-0.15, -0.1) is 0 Å². The van der Waals surface area contributed by atoms with Crippen LogP contribution in [0.1, 0.15) is 6.92 Å². The molecule has 44 valence electrons. The minimum absolute atomic E-state index is 0.264. The highest BCUT2D eigenvalue weighted by Gasteiger charge is 2.07. The Morgan fingerprint density at radius 2 is 1.88 bits per heavy atom. The van der Waals surface area contributed by atoms with Gasteiger partial charge in [0.1, 0.15) is 0 Å². The van der Waals surface area contributed by atoms with Gasteiger partial charge >= 0.3 is 0 Å². The summed E-state index contributed by atoms with van der Waals surface area (Å²) in [6, 6.07) is 0. The molecule has 0 saturated carbocycles. The Morgan fingerprint density at radius 3 is 2.25 bits per heavy atom. The first-order valence-electron chi connectivity index (χ1n) is 2.84. The van der Waals surface area contributed by atoms with Crippen LogP contribution in [0.25, 0.3) is 0 Å². The second-order valence-electron chi connectivity index (χ2n) is 2.12. The largest absolute Gasteiger partial charge is 0.388 e. The summed E-state index contributed by atoms with van der Waals surface area (Å²) in [4.78, 5) is 0. The number of hydrogen-bond donors (Lipinski definition) is 1. The number of allylic oxidation sites excluding steroid dienone is 2. The Bertz CT molecular complexity index is 108. The number of hydrogen-bond acceptors (Lipinski definition) is 1. The molecule has 0 saturated heterocycles. The first-order chi connectivity index (χ1) is 3.80. The molecule has 1 rings (SSSR count). The fraction of sp³-hybridized carbons (Fsp3) is 0.429. The van der Waals surface area contributed by atoms with Crippen molar-refractivity contribution in [2.24, 2.45) is 5.92 Å². The van der Waals surface area contributed by atoms with Crippen LogP contribution in [0.4, 0.5) is 0 Å². The van der Waals surface area contributed by atoms with Crippen LogP contribution in [0.5, 0.6) is 0 Å². The summed E-state index contributed by atoms with van der Waals surface area (Å²) in [5.74, 6) is 0.292. The van der Waals surface area contributed by atoms with E-state index in [0.717, 1.165) is 0 Å². The average Bonchev–Trinajstić information content (AvgIpc) is 1.77. The smallest absolute Gasteiger partial charge is 0.0783 e. The lowest BCUT2D eigenvalue weighted by Crippen LogP contribution is -2.13. The highest BCUT2D eigenvalue weighted by molar-refractivity contribution is 5.13. The van der Waals surface area contributed by atoms with Gasteiger partial charge < -0.3 is 5.11 Å². The van der Waals surface area contributed by atoms with Gasteiger partial charge in [-0.05, 0) is 0 Å². The zero-order chi connectivity index (χ0) is 5.98. The van der Waals surface area contributed by atoms with Gasteiger partial charge in [-0.2, -0.15) is 0 Å². The molecule has 0 heterocycles. The summed E-state index contributed by atoms with van der Waals surface area (Å²) < 4.78 is 0. The van der Waals surface area contributed by atoms with E-state index < -0.39 is 0 Å². The van der Waals surface area contributed by atoms with Gasteiger partial charge in [-0.3, -0.25) is 0 Å². The van der Waals surface area contributed by atoms with Crippen LogP contribution in [0.2, 0.25) is 0 Å². The summed E-state index contributed by atoms with van der Waals surface area (Å²) in [5, 5.41) is 9.04. The van der Waals surface area contributed by atoms with Gasteiger partial charge in [-0.25, -0.2) is 0 Å². The standard InChI is InChI=1S/C7H10O/c1-6-4-2-3-5-7(6)8/h2-8H,1H3/t6?,7-/m1/s1. The van der Waals surface area contributed by atoms with Crippen molar-refractivity contribution in [2.75, 3.05) is 0 Å². The average molecular weight is 110 g/mol. The van der Waals surface area contributed by atoms with Crippen LogP contribution in [-0.2, 0) is 0 Å². The van der Waals surface area contributed by atoms with Crippen molar-refractivity contribution in [1.82, 2.24) is 0 Å². The van der Waals surface area contributed by atoms with Gasteiger partial charge in [0.15, 0.2) is 0 Å².